The molecule has 0 N–H and O–H groups in total. The molecule has 0 amide bonds. The quantitative estimate of drug-likeness (QED) is 0.277. The monoisotopic (exact) mass is 90.0 g/mol. The van der Waals surface area contributed by atoms with E-state index in [1.165, 1.54) is 0 Å². The molecule has 26 valence electrons. The van der Waals surface area contributed by atoms with Crippen molar-refractivity contribution in [2.45, 2.75) is 6.92 Å². The molecule has 0 atom stereocenters. The summed E-state index contributed by atoms with van der Waals surface area (Å²) in [5, 5.41) is 8.89. The van der Waals surface area contributed by atoms with E-state index < -0.39 is 5.97 Å². The molecule has 0 spiro atoms. The topological polar surface area (TPSA) is 40.1 Å². The molecule has 0 rings (SSSR count). The smallest absolute Gasteiger partial charge is 1.00 e. The van der Waals surface area contributed by atoms with Gasteiger partial charge in [-0.15, -0.1) is 0 Å². The Balaban J connectivity index is -0.0000000150. The second-order valence-corrected chi connectivity index (χ2v) is 0.492. The van der Waals surface area contributed by atoms with E-state index in [2.05, 4.69) is 0 Å². The summed E-state index contributed by atoms with van der Waals surface area (Å²) in [5.74, 6) is -1.08. The van der Waals surface area contributed by atoms with Crippen LogP contribution in [-0.4, -0.2) is 5.97 Å². The molecule has 0 heterocycles. The molecule has 0 fully saturated rings. The molecule has 0 bridgehead atoms. The van der Waals surface area contributed by atoms with Crippen LogP contribution in [-0.2, 0) is 4.79 Å². The average Bonchev–Trinajstić information content (AvgIpc) is 0.811. The molecule has 0 aliphatic carbocycles. The SMILES string of the molecule is CC(=O)[O-].[H-].[Li+].[Na+]. The molecule has 0 unspecified atom stereocenters. The van der Waals surface area contributed by atoms with Gasteiger partial charge in [-0.1, -0.05) is 0 Å². The van der Waals surface area contributed by atoms with E-state index >= 15 is 0 Å². The fourth-order valence-corrected chi connectivity index (χ4v) is 0. The fraction of sp³-hybridized carbons (Fsp3) is 0.500. The normalized spacial score (nSPS) is 4.17. The zero-order valence-corrected chi connectivity index (χ0v) is 6.32. The number of carboxylic acids is 1. The number of carboxylic acid groups (broad SMARTS) is 1. The van der Waals surface area contributed by atoms with Crippen molar-refractivity contribution >= 4 is 5.97 Å². The Morgan fingerprint density at radius 2 is 1.83 bits per heavy atom. The Hall–Kier alpha value is 1.07. The first-order valence-corrected chi connectivity index (χ1v) is 0.908. The standard InChI is InChI=1S/C2H4O2.Li.Na.H/c1-2(3)4;;;/h1H3,(H,3,4);;;/q;2*+1;-1/p-1. The summed E-state index contributed by atoms with van der Waals surface area (Å²) in [6.07, 6.45) is 0. The van der Waals surface area contributed by atoms with Crippen molar-refractivity contribution in [3.63, 3.8) is 0 Å². The molecule has 0 saturated carbocycles. The molecule has 0 saturated heterocycles. The summed E-state index contributed by atoms with van der Waals surface area (Å²) in [4.78, 5) is 8.89. The van der Waals surface area contributed by atoms with Crippen LogP contribution in [0.15, 0.2) is 0 Å². The van der Waals surface area contributed by atoms with Crippen molar-refractivity contribution in [2.75, 3.05) is 0 Å². The summed E-state index contributed by atoms with van der Waals surface area (Å²) in [6, 6.07) is 0. The van der Waals surface area contributed by atoms with Crippen molar-refractivity contribution in [3.05, 3.63) is 0 Å². The van der Waals surface area contributed by atoms with Crippen LogP contribution in [0.25, 0.3) is 0 Å². The van der Waals surface area contributed by atoms with E-state index in [1.807, 2.05) is 0 Å². The number of rotatable bonds is 0. The van der Waals surface area contributed by atoms with Crippen LogP contribution in [0.2, 0.25) is 0 Å². The molecule has 0 radical (unpaired) electrons. The predicted octanol–water partition coefficient (Wildman–Crippen LogP) is -7.12. The molecule has 6 heavy (non-hydrogen) atoms. The minimum atomic E-state index is -1.08. The number of aliphatic carboxylic acids is 1. The van der Waals surface area contributed by atoms with Gasteiger partial charge in [-0.2, -0.15) is 0 Å². The maximum atomic E-state index is 8.89. The molecule has 4 heteroatoms. The minimum absolute atomic E-state index is 0. The first-order chi connectivity index (χ1) is 1.73. The van der Waals surface area contributed by atoms with Gasteiger partial charge in [0.15, 0.2) is 0 Å². The zero-order valence-electron chi connectivity index (χ0n) is 5.32. The fourth-order valence-electron chi connectivity index (χ4n) is 0. The third-order valence-corrected chi connectivity index (χ3v) is 0. The van der Waals surface area contributed by atoms with Gasteiger partial charge in [0.1, 0.15) is 0 Å². The Bertz CT molecular complexity index is 38.7. The molecule has 0 aromatic rings. The van der Waals surface area contributed by atoms with Crippen LogP contribution in [0.3, 0.4) is 0 Å². The first kappa shape index (κ1) is 15.7. The van der Waals surface area contributed by atoms with E-state index in [0.29, 0.717) is 0 Å². The van der Waals surface area contributed by atoms with Crippen molar-refractivity contribution in [1.29, 1.82) is 0 Å². The first-order valence-electron chi connectivity index (χ1n) is 0.908. The largest absolute Gasteiger partial charge is 1.00 e. The number of hydrogen-bond donors (Lipinski definition) is 0. The average molecular weight is 90.0 g/mol. The second kappa shape index (κ2) is 9.42. The molecular weight excluding hydrogens is 86.0 g/mol. The number of hydrogen-bond acceptors (Lipinski definition) is 2. The van der Waals surface area contributed by atoms with Crippen molar-refractivity contribution < 1.29 is 59.7 Å². The van der Waals surface area contributed by atoms with Crippen LogP contribution in [0.5, 0.6) is 0 Å². The van der Waals surface area contributed by atoms with E-state index in [9.17, 15) is 0 Å². The Kier molecular flexibility index (Phi) is 24.7. The molecule has 0 aliphatic rings. The maximum absolute atomic E-state index is 8.89. The van der Waals surface area contributed by atoms with Gasteiger partial charge >= 0.3 is 48.4 Å². The van der Waals surface area contributed by atoms with Gasteiger partial charge in [0.05, 0.1) is 0 Å². The summed E-state index contributed by atoms with van der Waals surface area (Å²) in [7, 11) is 0. The van der Waals surface area contributed by atoms with Gasteiger partial charge in [-0.3, -0.25) is 0 Å². The summed E-state index contributed by atoms with van der Waals surface area (Å²) < 4.78 is 0. The molecular formula is C2H4LiNaO2. The number of carbonyl (C=O) groups is 1. The van der Waals surface area contributed by atoms with E-state index in [0.717, 1.165) is 6.92 Å². The van der Waals surface area contributed by atoms with E-state index in [-0.39, 0.29) is 49.8 Å². The molecule has 0 aromatic carbocycles. The van der Waals surface area contributed by atoms with Gasteiger partial charge in [-0.25, -0.2) is 0 Å². The van der Waals surface area contributed by atoms with Crippen LogP contribution in [0.4, 0.5) is 0 Å². The van der Waals surface area contributed by atoms with Gasteiger partial charge in [0, 0.05) is 5.97 Å². The molecule has 2 nitrogen and oxygen atoms in total. The minimum Gasteiger partial charge on any atom is -1.00 e. The zero-order chi connectivity index (χ0) is 3.58. The third kappa shape index (κ3) is 73.6. The second-order valence-electron chi connectivity index (χ2n) is 0.492. The van der Waals surface area contributed by atoms with Crippen molar-refractivity contribution in [3.8, 4) is 0 Å². The predicted molar refractivity (Wildman–Crippen MR) is 11.8 cm³/mol. The van der Waals surface area contributed by atoms with Gasteiger partial charge < -0.3 is 11.3 Å². The molecule has 0 aliphatic heterocycles. The van der Waals surface area contributed by atoms with Gasteiger partial charge in [-0.05, 0) is 6.92 Å². The summed E-state index contributed by atoms with van der Waals surface area (Å²) >= 11 is 0. The Morgan fingerprint density at radius 3 is 1.83 bits per heavy atom. The molecule has 0 aromatic heterocycles. The summed E-state index contributed by atoms with van der Waals surface area (Å²) in [5.41, 5.74) is 0. The van der Waals surface area contributed by atoms with Crippen LogP contribution >= 0.6 is 0 Å². The number of carbonyl (C=O) groups excluding carboxylic acids is 1. The summed E-state index contributed by atoms with van der Waals surface area (Å²) in [6.45, 7) is 0.972. The Morgan fingerprint density at radius 1 is 1.83 bits per heavy atom. The van der Waals surface area contributed by atoms with Gasteiger partial charge in [0.2, 0.25) is 0 Å². The van der Waals surface area contributed by atoms with E-state index in [4.69, 9.17) is 9.90 Å². The van der Waals surface area contributed by atoms with E-state index in [1.54, 1.807) is 0 Å². The third-order valence-electron chi connectivity index (χ3n) is 0. The van der Waals surface area contributed by atoms with Crippen molar-refractivity contribution in [2.24, 2.45) is 0 Å². The van der Waals surface area contributed by atoms with Crippen molar-refractivity contribution in [1.82, 2.24) is 0 Å². The maximum Gasteiger partial charge on any atom is 1.00 e. The van der Waals surface area contributed by atoms with Crippen LogP contribution < -0.4 is 53.5 Å². The van der Waals surface area contributed by atoms with Crippen LogP contribution in [0, 0.1) is 0 Å². The van der Waals surface area contributed by atoms with Crippen LogP contribution in [0.1, 0.15) is 8.35 Å². The van der Waals surface area contributed by atoms with Gasteiger partial charge in [0.25, 0.3) is 0 Å². The Labute approximate surface area is 72.3 Å².